The number of halogens is 6. The fourth-order valence-corrected chi connectivity index (χ4v) is 5.36. The van der Waals surface area contributed by atoms with Gasteiger partial charge in [0, 0.05) is 54.9 Å². The lowest BCUT2D eigenvalue weighted by Crippen LogP contribution is -2.49. The molecule has 238 valence electrons. The van der Waals surface area contributed by atoms with Crippen molar-refractivity contribution in [1.82, 2.24) is 24.6 Å². The minimum absolute atomic E-state index is 0.200. The third kappa shape index (κ3) is 6.12. The molecule has 0 aliphatic carbocycles. The number of nitrogens with zero attached hydrogens (tertiary/aromatic N) is 5. The van der Waals surface area contributed by atoms with Crippen LogP contribution in [0.15, 0.2) is 84.0 Å². The van der Waals surface area contributed by atoms with Gasteiger partial charge in [0.2, 0.25) is 0 Å². The van der Waals surface area contributed by atoms with Gasteiger partial charge in [0.05, 0.1) is 23.1 Å². The standard InChI is InChI=1S/C31H24F6N6O3/c32-30(33,34)21-8-9-26(38-15-21)41-10-12-42(13-11-41)29(45)19-5-3-6-22(14-19)46-18-25-23-7-2-1-4-20(23)17-43(25)24-16-39-40-28(44)27(24)31(35,36)37/h1-9,14-17H,10-13,18H2,(H,40,44). The summed E-state index contributed by atoms with van der Waals surface area (Å²) in [6, 6.07) is 15.5. The highest BCUT2D eigenvalue weighted by molar-refractivity contribution is 5.94. The number of carbonyl (C=O) groups excluding carboxylic acids is 1. The number of carbonyl (C=O) groups is 1. The van der Waals surface area contributed by atoms with Crippen molar-refractivity contribution < 1.29 is 35.9 Å². The van der Waals surface area contributed by atoms with E-state index in [4.69, 9.17) is 4.74 Å². The van der Waals surface area contributed by atoms with Gasteiger partial charge in [0.15, 0.2) is 0 Å². The van der Waals surface area contributed by atoms with E-state index in [9.17, 15) is 35.9 Å². The third-order valence-corrected chi connectivity index (χ3v) is 7.63. The molecule has 46 heavy (non-hydrogen) atoms. The number of benzene rings is 2. The number of piperazine rings is 1. The lowest BCUT2D eigenvalue weighted by Gasteiger charge is -2.35. The average Bonchev–Trinajstić information content (AvgIpc) is 3.41. The van der Waals surface area contributed by atoms with Gasteiger partial charge in [-0.15, -0.1) is 0 Å². The van der Waals surface area contributed by atoms with E-state index in [0.717, 1.165) is 18.5 Å². The molecule has 15 heteroatoms. The number of pyridine rings is 1. The highest BCUT2D eigenvalue weighted by Crippen LogP contribution is 2.34. The van der Waals surface area contributed by atoms with Crippen molar-refractivity contribution in [3.8, 4) is 11.4 Å². The molecule has 0 spiro atoms. The van der Waals surface area contributed by atoms with Crippen molar-refractivity contribution in [3.05, 3.63) is 112 Å². The Kier molecular flexibility index (Phi) is 7.92. The monoisotopic (exact) mass is 642 g/mol. The Morgan fingerprint density at radius 1 is 0.891 bits per heavy atom. The number of hydrogen-bond donors (Lipinski definition) is 1. The maximum absolute atomic E-state index is 13.9. The molecular weight excluding hydrogens is 618 g/mol. The highest BCUT2D eigenvalue weighted by atomic mass is 19.4. The van der Waals surface area contributed by atoms with Crippen LogP contribution in [-0.2, 0) is 19.0 Å². The van der Waals surface area contributed by atoms with Crippen LogP contribution < -0.4 is 15.2 Å². The van der Waals surface area contributed by atoms with Crippen molar-refractivity contribution in [2.45, 2.75) is 19.0 Å². The molecule has 5 aromatic rings. The number of ether oxygens (including phenoxy) is 1. The number of aromatic nitrogens is 4. The van der Waals surface area contributed by atoms with Crippen molar-refractivity contribution in [2.75, 3.05) is 31.1 Å². The second kappa shape index (κ2) is 11.9. The van der Waals surface area contributed by atoms with E-state index >= 15 is 0 Å². The van der Waals surface area contributed by atoms with Crippen LogP contribution in [0.1, 0.15) is 27.2 Å². The predicted octanol–water partition coefficient (Wildman–Crippen LogP) is 5.69. The van der Waals surface area contributed by atoms with Gasteiger partial charge in [-0.05, 0) is 30.3 Å². The Morgan fingerprint density at radius 2 is 1.65 bits per heavy atom. The van der Waals surface area contributed by atoms with E-state index in [2.05, 4.69) is 10.1 Å². The van der Waals surface area contributed by atoms with E-state index in [0.29, 0.717) is 54.0 Å². The molecule has 1 saturated heterocycles. The Labute approximate surface area is 256 Å². The fourth-order valence-electron chi connectivity index (χ4n) is 5.36. The molecule has 6 rings (SSSR count). The number of fused-ring (bicyclic) bond motifs is 1. The number of aromatic amines is 1. The van der Waals surface area contributed by atoms with Crippen LogP contribution >= 0.6 is 0 Å². The number of amides is 1. The van der Waals surface area contributed by atoms with Crippen LogP contribution in [-0.4, -0.2) is 56.7 Å². The maximum Gasteiger partial charge on any atom is 0.423 e. The molecule has 0 radical (unpaired) electrons. The molecule has 0 bridgehead atoms. The lowest BCUT2D eigenvalue weighted by atomic mass is 10.1. The smallest absolute Gasteiger partial charge is 0.423 e. The van der Waals surface area contributed by atoms with Gasteiger partial charge >= 0.3 is 12.4 Å². The molecule has 9 nitrogen and oxygen atoms in total. The number of hydrogen-bond acceptors (Lipinski definition) is 6. The molecule has 1 aliphatic rings. The van der Waals surface area contributed by atoms with Crippen molar-refractivity contribution in [3.63, 3.8) is 0 Å². The summed E-state index contributed by atoms with van der Waals surface area (Å²) in [7, 11) is 0. The Hall–Kier alpha value is -5.34. The Bertz CT molecular complexity index is 1940. The van der Waals surface area contributed by atoms with Gasteiger partial charge in [-0.25, -0.2) is 10.1 Å². The second-order valence-corrected chi connectivity index (χ2v) is 10.5. The number of H-pyrrole nitrogens is 1. The van der Waals surface area contributed by atoms with E-state index in [1.54, 1.807) is 52.3 Å². The molecule has 1 aliphatic heterocycles. The zero-order valence-electron chi connectivity index (χ0n) is 23.8. The van der Waals surface area contributed by atoms with Crippen LogP contribution in [0.3, 0.4) is 0 Å². The summed E-state index contributed by atoms with van der Waals surface area (Å²) in [5.74, 6) is 0.380. The van der Waals surface area contributed by atoms with Crippen LogP contribution in [0.2, 0.25) is 0 Å². The molecule has 0 saturated carbocycles. The molecule has 2 aromatic carbocycles. The summed E-state index contributed by atoms with van der Waals surface area (Å²) in [6.07, 6.45) is -6.25. The summed E-state index contributed by atoms with van der Waals surface area (Å²) < 4.78 is 87.5. The van der Waals surface area contributed by atoms with E-state index in [-0.39, 0.29) is 18.3 Å². The Morgan fingerprint density at radius 3 is 2.35 bits per heavy atom. The van der Waals surface area contributed by atoms with Gasteiger partial charge in [0.25, 0.3) is 11.5 Å². The van der Waals surface area contributed by atoms with E-state index < -0.39 is 34.7 Å². The zero-order valence-corrected chi connectivity index (χ0v) is 23.8. The van der Waals surface area contributed by atoms with Gasteiger partial charge < -0.3 is 19.1 Å². The topological polar surface area (TPSA) is 96.3 Å². The third-order valence-electron chi connectivity index (χ3n) is 7.63. The largest absolute Gasteiger partial charge is 0.487 e. The average molecular weight is 643 g/mol. The van der Waals surface area contributed by atoms with Crippen LogP contribution in [0.25, 0.3) is 16.5 Å². The number of alkyl halides is 6. The second-order valence-electron chi connectivity index (χ2n) is 10.5. The molecule has 1 fully saturated rings. The minimum atomic E-state index is -4.95. The van der Waals surface area contributed by atoms with Gasteiger partial charge in [-0.3, -0.25) is 9.59 Å². The first kappa shape index (κ1) is 30.7. The van der Waals surface area contributed by atoms with Gasteiger partial charge in [0.1, 0.15) is 23.7 Å². The number of anilines is 1. The Balaban J connectivity index is 1.18. The summed E-state index contributed by atoms with van der Waals surface area (Å²) in [6.45, 7) is 1.13. The molecule has 3 aromatic heterocycles. The molecule has 0 atom stereocenters. The van der Waals surface area contributed by atoms with Crippen LogP contribution in [0.5, 0.6) is 5.75 Å². The van der Waals surface area contributed by atoms with Crippen molar-refractivity contribution in [1.29, 1.82) is 0 Å². The van der Waals surface area contributed by atoms with Gasteiger partial charge in [-0.2, -0.15) is 31.4 Å². The summed E-state index contributed by atoms with van der Waals surface area (Å²) in [4.78, 5) is 32.8. The molecule has 4 heterocycles. The van der Waals surface area contributed by atoms with Crippen molar-refractivity contribution in [2.24, 2.45) is 0 Å². The molecular formula is C31H24F6N6O3. The maximum atomic E-state index is 13.9. The normalized spacial score (nSPS) is 14.1. The minimum Gasteiger partial charge on any atom is -0.487 e. The quantitative estimate of drug-likeness (QED) is 0.239. The van der Waals surface area contributed by atoms with Crippen LogP contribution in [0, 0.1) is 0 Å². The predicted molar refractivity (Wildman–Crippen MR) is 155 cm³/mol. The molecule has 1 N–H and O–H groups in total. The molecule has 0 unspecified atom stereocenters. The van der Waals surface area contributed by atoms with E-state index in [1.165, 1.54) is 22.9 Å². The first-order valence-corrected chi connectivity index (χ1v) is 13.9. The van der Waals surface area contributed by atoms with Gasteiger partial charge in [-0.1, -0.05) is 30.3 Å². The first-order chi connectivity index (χ1) is 21.9. The lowest BCUT2D eigenvalue weighted by molar-refractivity contribution is -0.139. The SMILES string of the molecule is O=C(c1cccc(OCc2c3ccccc3cn2-c2cn[nH]c(=O)c2C(F)(F)F)c1)N1CCN(c2ccc(C(F)(F)F)cn2)CC1. The highest BCUT2D eigenvalue weighted by Gasteiger charge is 2.38. The zero-order chi connectivity index (χ0) is 32.6. The van der Waals surface area contributed by atoms with E-state index in [1.807, 2.05) is 5.10 Å². The first-order valence-electron chi connectivity index (χ1n) is 13.9. The molecule has 1 amide bonds. The van der Waals surface area contributed by atoms with Crippen molar-refractivity contribution >= 4 is 22.5 Å². The fraction of sp³-hybridized carbons (Fsp3) is 0.226. The summed E-state index contributed by atoms with van der Waals surface area (Å²) in [5.41, 5.74) is -3.43. The number of rotatable bonds is 6. The van der Waals surface area contributed by atoms with Crippen LogP contribution in [0.4, 0.5) is 32.2 Å². The summed E-state index contributed by atoms with van der Waals surface area (Å²) >= 11 is 0. The number of nitrogens with one attached hydrogen (secondary N) is 1. The summed E-state index contributed by atoms with van der Waals surface area (Å²) in [5, 5.41) is 6.64.